The van der Waals surface area contributed by atoms with E-state index in [0.29, 0.717) is 23.7 Å². The van der Waals surface area contributed by atoms with Crippen LogP contribution in [0.4, 0.5) is 0 Å². The molecule has 8 heteroatoms. The minimum Gasteiger partial charge on any atom is -0.396 e. The Bertz CT molecular complexity index is 1110. The van der Waals surface area contributed by atoms with Crippen LogP contribution in [0.15, 0.2) is 12.2 Å². The van der Waals surface area contributed by atoms with Crippen LogP contribution in [-0.4, -0.2) is 86.8 Å². The lowest BCUT2D eigenvalue weighted by molar-refractivity contribution is -0.347. The normalized spacial score (nSPS) is 56.6. The van der Waals surface area contributed by atoms with Gasteiger partial charge in [0.15, 0.2) is 6.29 Å². The molecule has 0 spiro atoms. The quantitative estimate of drug-likeness (QED) is 0.202. The van der Waals surface area contributed by atoms with Crippen molar-refractivity contribution >= 4 is 0 Å². The number of ether oxygens (including phenoxy) is 2. The van der Waals surface area contributed by atoms with E-state index in [0.717, 1.165) is 57.8 Å². The predicted molar refractivity (Wildman–Crippen MR) is 166 cm³/mol. The fourth-order valence-electron chi connectivity index (χ4n) is 13.2. The molecule has 0 unspecified atom stereocenters. The molecule has 6 fully saturated rings. The number of allylic oxidation sites excluding steroid dienone is 1. The first kappa shape index (κ1) is 33.3. The SMILES string of the molecule is C=C(C)[C@@H]1CC[C@]2(CO)CC[C@]3(C)[C@H](CC[C@@H]4[C@@]5(C)CC[C@H](O)C(C)(C)[C@@H]5[C@@H](O[C@@H]5O[C@H](CO)[C@@H](O)[C@H](O)[C@H]5O)C[C@]43C)[C@@H]12. The molecular formula is C36H60O8. The largest absolute Gasteiger partial charge is 0.396 e. The summed E-state index contributed by atoms with van der Waals surface area (Å²) in [6, 6.07) is 0. The van der Waals surface area contributed by atoms with Crippen molar-refractivity contribution in [2.45, 2.75) is 142 Å². The molecule has 0 aromatic heterocycles. The van der Waals surface area contributed by atoms with Crippen LogP contribution in [-0.2, 0) is 9.47 Å². The molecule has 6 rings (SSSR count). The third-order valence-corrected chi connectivity index (χ3v) is 15.6. The third-order valence-electron chi connectivity index (χ3n) is 15.6. The Balaban J connectivity index is 1.42. The van der Waals surface area contributed by atoms with E-state index in [9.17, 15) is 30.6 Å². The van der Waals surface area contributed by atoms with Gasteiger partial charge in [0.05, 0.1) is 18.8 Å². The minimum absolute atomic E-state index is 0.0114. The van der Waals surface area contributed by atoms with Gasteiger partial charge in [0.25, 0.3) is 0 Å². The molecule has 5 aliphatic carbocycles. The summed E-state index contributed by atoms with van der Waals surface area (Å²) >= 11 is 0. The molecule has 0 aromatic carbocycles. The molecule has 1 aliphatic heterocycles. The van der Waals surface area contributed by atoms with Crippen LogP contribution in [0, 0.1) is 56.7 Å². The van der Waals surface area contributed by atoms with Gasteiger partial charge in [-0.25, -0.2) is 0 Å². The maximum absolute atomic E-state index is 11.4. The third kappa shape index (κ3) is 4.37. The van der Waals surface area contributed by atoms with Crippen molar-refractivity contribution in [1.82, 2.24) is 0 Å². The second-order valence-corrected chi connectivity index (χ2v) is 17.5. The van der Waals surface area contributed by atoms with Crippen LogP contribution in [0.25, 0.3) is 0 Å². The van der Waals surface area contributed by atoms with Crippen molar-refractivity contribution in [2.24, 2.45) is 56.7 Å². The van der Waals surface area contributed by atoms with Crippen molar-refractivity contribution < 1.29 is 40.1 Å². The highest BCUT2D eigenvalue weighted by atomic mass is 16.7. The zero-order chi connectivity index (χ0) is 32.2. The first-order chi connectivity index (χ1) is 20.5. The van der Waals surface area contributed by atoms with Gasteiger partial charge in [-0.15, -0.1) is 0 Å². The standard InChI is InChI=1S/C36H60O8/c1-19(2)20-10-13-36(18-38)15-14-34(6)21(26(20)36)8-9-24-33(5)12-11-25(39)32(3,4)30(33)22(16-35(24,34)7)43-31-29(42)28(41)27(40)23(17-37)44-31/h20-31,37-42H,1,8-18H2,2-7H3/t20-,21+,22-,23+,24+,25-,26+,27+,28-,29+,30-,31+,33+,34+,35+,36+/m0/s1. The summed E-state index contributed by atoms with van der Waals surface area (Å²) in [6.45, 7) is 18.0. The van der Waals surface area contributed by atoms with Crippen molar-refractivity contribution in [3.05, 3.63) is 12.2 Å². The molecule has 0 amide bonds. The summed E-state index contributed by atoms with van der Waals surface area (Å²) in [5, 5.41) is 64.3. The highest BCUT2D eigenvalue weighted by molar-refractivity contribution is 5.23. The summed E-state index contributed by atoms with van der Waals surface area (Å²) < 4.78 is 12.8. The minimum atomic E-state index is -1.50. The van der Waals surface area contributed by atoms with Crippen molar-refractivity contribution in [1.29, 1.82) is 0 Å². The van der Waals surface area contributed by atoms with Crippen LogP contribution in [0.2, 0.25) is 0 Å². The number of hydrogen-bond donors (Lipinski definition) is 6. The van der Waals surface area contributed by atoms with E-state index >= 15 is 0 Å². The Morgan fingerprint density at radius 1 is 0.841 bits per heavy atom. The van der Waals surface area contributed by atoms with Gasteiger partial charge in [-0.05, 0) is 121 Å². The van der Waals surface area contributed by atoms with Gasteiger partial charge in [0.2, 0.25) is 0 Å². The Kier molecular flexibility index (Phi) is 8.31. The predicted octanol–water partition coefficient (Wildman–Crippen LogP) is 3.79. The molecule has 6 aliphatic rings. The number of hydrogen-bond acceptors (Lipinski definition) is 8. The second kappa shape index (κ2) is 11.0. The van der Waals surface area contributed by atoms with Crippen LogP contribution >= 0.6 is 0 Å². The zero-order valence-electron chi connectivity index (χ0n) is 27.9. The van der Waals surface area contributed by atoms with E-state index in [1.165, 1.54) is 5.57 Å². The summed E-state index contributed by atoms with van der Waals surface area (Å²) in [6.07, 6.45) is 1.26. The molecular weight excluding hydrogens is 560 g/mol. The van der Waals surface area contributed by atoms with Crippen LogP contribution in [0.5, 0.6) is 0 Å². The summed E-state index contributed by atoms with van der Waals surface area (Å²) in [5.74, 6) is 1.66. The molecule has 6 N–H and O–H groups in total. The lowest BCUT2D eigenvalue weighted by atomic mass is 9.32. The molecule has 0 bridgehead atoms. The van der Waals surface area contributed by atoms with E-state index in [1.807, 2.05) is 0 Å². The second-order valence-electron chi connectivity index (χ2n) is 17.5. The molecule has 0 aromatic rings. The maximum Gasteiger partial charge on any atom is 0.186 e. The summed E-state index contributed by atoms with van der Waals surface area (Å²) in [5.41, 5.74) is 0.466. The molecule has 1 saturated heterocycles. The first-order valence-electron chi connectivity index (χ1n) is 17.4. The lowest BCUT2D eigenvalue weighted by Crippen LogP contribution is -2.71. The Labute approximate surface area is 264 Å². The van der Waals surface area contributed by atoms with Gasteiger partial charge in [0.1, 0.15) is 24.4 Å². The van der Waals surface area contributed by atoms with Crippen LogP contribution < -0.4 is 0 Å². The molecule has 44 heavy (non-hydrogen) atoms. The smallest absolute Gasteiger partial charge is 0.186 e. The number of aliphatic hydroxyl groups is 6. The number of fused-ring (bicyclic) bond motifs is 7. The average molecular weight is 621 g/mol. The molecule has 0 radical (unpaired) electrons. The van der Waals surface area contributed by atoms with E-state index < -0.39 is 48.8 Å². The van der Waals surface area contributed by atoms with Crippen LogP contribution in [0.3, 0.4) is 0 Å². The first-order valence-corrected chi connectivity index (χ1v) is 17.4. The summed E-state index contributed by atoms with van der Waals surface area (Å²) in [4.78, 5) is 0. The van der Waals surface area contributed by atoms with E-state index in [-0.39, 0.29) is 40.3 Å². The van der Waals surface area contributed by atoms with Gasteiger partial charge >= 0.3 is 0 Å². The van der Waals surface area contributed by atoms with Gasteiger partial charge in [-0.3, -0.25) is 0 Å². The monoisotopic (exact) mass is 620 g/mol. The van der Waals surface area contributed by atoms with E-state index in [4.69, 9.17) is 9.47 Å². The Morgan fingerprint density at radius 2 is 1.55 bits per heavy atom. The fourth-order valence-corrected chi connectivity index (χ4v) is 13.2. The fraction of sp³-hybridized carbons (Fsp3) is 0.944. The Morgan fingerprint density at radius 3 is 2.18 bits per heavy atom. The van der Waals surface area contributed by atoms with Crippen molar-refractivity contribution in [2.75, 3.05) is 13.2 Å². The van der Waals surface area contributed by atoms with E-state index in [2.05, 4.69) is 48.1 Å². The van der Waals surface area contributed by atoms with E-state index in [1.54, 1.807) is 0 Å². The highest BCUT2D eigenvalue weighted by Gasteiger charge is 2.73. The Hall–Kier alpha value is -0.580. The number of aliphatic hydroxyl groups excluding tert-OH is 6. The van der Waals surface area contributed by atoms with Crippen LogP contribution in [0.1, 0.15) is 99.3 Å². The molecule has 252 valence electrons. The van der Waals surface area contributed by atoms with Gasteiger partial charge in [-0.2, -0.15) is 0 Å². The van der Waals surface area contributed by atoms with Crippen molar-refractivity contribution in [3.63, 3.8) is 0 Å². The maximum atomic E-state index is 11.4. The molecule has 16 atom stereocenters. The van der Waals surface area contributed by atoms with Crippen molar-refractivity contribution in [3.8, 4) is 0 Å². The topological polar surface area (TPSA) is 140 Å². The highest BCUT2D eigenvalue weighted by Crippen LogP contribution is 2.77. The average Bonchev–Trinajstić information content (AvgIpc) is 3.36. The lowest BCUT2D eigenvalue weighted by Gasteiger charge is -2.74. The summed E-state index contributed by atoms with van der Waals surface area (Å²) in [7, 11) is 0. The number of rotatable bonds is 5. The molecule has 8 nitrogen and oxygen atoms in total. The molecule has 1 heterocycles. The van der Waals surface area contributed by atoms with Gasteiger partial charge in [0, 0.05) is 6.61 Å². The van der Waals surface area contributed by atoms with Gasteiger partial charge < -0.3 is 40.1 Å². The molecule has 5 saturated carbocycles. The van der Waals surface area contributed by atoms with Gasteiger partial charge in [-0.1, -0.05) is 46.8 Å². The zero-order valence-corrected chi connectivity index (χ0v) is 27.9.